The predicted octanol–water partition coefficient (Wildman–Crippen LogP) is 0.453. The molecule has 1 aromatic rings. The minimum absolute atomic E-state index is 0.620. The Kier molecular flexibility index (Phi) is 2.40. The van der Waals surface area contributed by atoms with E-state index in [2.05, 4.69) is 11.5 Å². The van der Waals surface area contributed by atoms with Crippen LogP contribution >= 0.6 is 0 Å². The smallest absolute Gasteiger partial charge is 0.195 e. The largest absolute Gasteiger partial charge is 0.322 e. The second-order valence-electron chi connectivity index (χ2n) is 2.18. The summed E-state index contributed by atoms with van der Waals surface area (Å²) >= 11 is 0. The molecule has 0 atom stereocenters. The van der Waals surface area contributed by atoms with E-state index in [1.807, 2.05) is 24.4 Å². The first-order chi connectivity index (χ1) is 4.88. The van der Waals surface area contributed by atoms with Crippen LogP contribution < -0.4 is 10.3 Å². The van der Waals surface area contributed by atoms with Gasteiger partial charge in [0.1, 0.15) is 6.54 Å². The van der Waals surface area contributed by atoms with E-state index in [0.29, 0.717) is 6.54 Å². The molecule has 1 rings (SSSR count). The number of aromatic nitrogens is 1. The van der Waals surface area contributed by atoms with Gasteiger partial charge in [0.05, 0.1) is 6.54 Å². The lowest BCUT2D eigenvalue weighted by atomic mass is 10.3. The minimum atomic E-state index is 0.620. The standard InChI is InChI=1S/C8H13N2/c1-2-10-6-4-3-5-8(10)7-9/h3-6H,2,7,9H2,1H3/q+1. The van der Waals surface area contributed by atoms with Crippen molar-refractivity contribution < 1.29 is 4.57 Å². The fraction of sp³-hybridized carbons (Fsp3) is 0.375. The van der Waals surface area contributed by atoms with Crippen LogP contribution in [0.1, 0.15) is 12.6 Å². The number of rotatable bonds is 2. The monoisotopic (exact) mass is 137 g/mol. The number of nitrogens with two attached hydrogens (primary N) is 1. The summed E-state index contributed by atoms with van der Waals surface area (Å²) in [7, 11) is 0. The maximum atomic E-state index is 5.51. The summed E-state index contributed by atoms with van der Waals surface area (Å²) in [6.07, 6.45) is 2.04. The molecular formula is C8H13N2+. The summed E-state index contributed by atoms with van der Waals surface area (Å²) < 4.78 is 2.14. The molecule has 0 fully saturated rings. The Labute approximate surface area is 61.3 Å². The molecule has 1 aromatic heterocycles. The Morgan fingerprint density at radius 1 is 1.50 bits per heavy atom. The molecule has 0 saturated carbocycles. The third-order valence-corrected chi connectivity index (χ3v) is 1.58. The van der Waals surface area contributed by atoms with Crippen LogP contribution in [0.5, 0.6) is 0 Å². The Hall–Kier alpha value is -0.890. The lowest BCUT2D eigenvalue weighted by Crippen LogP contribution is -2.37. The van der Waals surface area contributed by atoms with Crippen molar-refractivity contribution in [1.82, 2.24) is 0 Å². The molecule has 10 heavy (non-hydrogen) atoms. The second-order valence-corrected chi connectivity index (χ2v) is 2.18. The van der Waals surface area contributed by atoms with E-state index < -0.39 is 0 Å². The van der Waals surface area contributed by atoms with E-state index in [4.69, 9.17) is 5.73 Å². The van der Waals surface area contributed by atoms with Crippen molar-refractivity contribution in [2.45, 2.75) is 20.0 Å². The molecule has 2 N–H and O–H groups in total. The molecule has 1 heterocycles. The zero-order valence-electron chi connectivity index (χ0n) is 6.25. The van der Waals surface area contributed by atoms with Gasteiger partial charge >= 0.3 is 0 Å². The number of hydrogen-bond donors (Lipinski definition) is 1. The van der Waals surface area contributed by atoms with Gasteiger partial charge in [-0.05, 0) is 6.92 Å². The van der Waals surface area contributed by atoms with Gasteiger partial charge in [-0.1, -0.05) is 6.07 Å². The van der Waals surface area contributed by atoms with Crippen molar-refractivity contribution in [1.29, 1.82) is 0 Å². The van der Waals surface area contributed by atoms with Gasteiger partial charge in [-0.3, -0.25) is 0 Å². The topological polar surface area (TPSA) is 29.9 Å². The molecule has 0 spiro atoms. The maximum absolute atomic E-state index is 5.51. The van der Waals surface area contributed by atoms with Crippen LogP contribution in [0.3, 0.4) is 0 Å². The van der Waals surface area contributed by atoms with Gasteiger partial charge in [-0.25, -0.2) is 4.57 Å². The van der Waals surface area contributed by atoms with Crippen LogP contribution in [0.15, 0.2) is 24.4 Å². The summed E-state index contributed by atoms with van der Waals surface area (Å²) in [4.78, 5) is 0. The highest BCUT2D eigenvalue weighted by molar-refractivity contribution is 4.96. The Bertz CT molecular complexity index is 185. The van der Waals surface area contributed by atoms with E-state index in [1.54, 1.807) is 0 Å². The molecule has 0 amide bonds. The normalized spacial score (nSPS) is 9.80. The fourth-order valence-corrected chi connectivity index (χ4v) is 1.01. The van der Waals surface area contributed by atoms with Crippen LogP contribution in [-0.4, -0.2) is 0 Å². The third kappa shape index (κ3) is 1.33. The molecule has 0 radical (unpaired) electrons. The lowest BCUT2D eigenvalue weighted by molar-refractivity contribution is -0.700. The molecule has 2 heteroatoms. The first-order valence-corrected chi connectivity index (χ1v) is 3.56. The van der Waals surface area contributed by atoms with Gasteiger partial charge in [0.25, 0.3) is 0 Å². The molecule has 0 saturated heterocycles. The van der Waals surface area contributed by atoms with Crippen molar-refractivity contribution in [3.05, 3.63) is 30.1 Å². The zero-order valence-corrected chi connectivity index (χ0v) is 6.25. The van der Waals surface area contributed by atoms with Crippen LogP contribution in [0.25, 0.3) is 0 Å². The van der Waals surface area contributed by atoms with Crippen molar-refractivity contribution in [3.63, 3.8) is 0 Å². The van der Waals surface area contributed by atoms with Gasteiger partial charge in [0, 0.05) is 12.1 Å². The van der Waals surface area contributed by atoms with Gasteiger partial charge in [-0.15, -0.1) is 0 Å². The SMILES string of the molecule is CC[n+]1ccccc1CN. The molecule has 0 aromatic carbocycles. The van der Waals surface area contributed by atoms with Crippen molar-refractivity contribution in [2.75, 3.05) is 0 Å². The lowest BCUT2D eigenvalue weighted by Gasteiger charge is -1.96. The van der Waals surface area contributed by atoms with Crippen LogP contribution in [-0.2, 0) is 13.1 Å². The summed E-state index contributed by atoms with van der Waals surface area (Å²) in [6, 6.07) is 6.07. The number of nitrogens with zero attached hydrogens (tertiary/aromatic N) is 1. The van der Waals surface area contributed by atoms with Crippen LogP contribution in [0.2, 0.25) is 0 Å². The number of pyridine rings is 1. The highest BCUT2D eigenvalue weighted by atomic mass is 15.0. The third-order valence-electron chi connectivity index (χ3n) is 1.58. The quantitative estimate of drug-likeness (QED) is 0.589. The summed E-state index contributed by atoms with van der Waals surface area (Å²) in [6.45, 7) is 3.72. The zero-order chi connectivity index (χ0) is 7.40. The molecule has 2 nitrogen and oxygen atoms in total. The van der Waals surface area contributed by atoms with Gasteiger partial charge in [-0.2, -0.15) is 0 Å². The van der Waals surface area contributed by atoms with Gasteiger partial charge < -0.3 is 5.73 Å². The summed E-state index contributed by atoms with van der Waals surface area (Å²) in [5.74, 6) is 0. The molecule has 0 unspecified atom stereocenters. The van der Waals surface area contributed by atoms with Crippen molar-refractivity contribution in [2.24, 2.45) is 5.73 Å². The summed E-state index contributed by atoms with van der Waals surface area (Å²) in [5.41, 5.74) is 6.69. The predicted molar refractivity (Wildman–Crippen MR) is 40.2 cm³/mol. The van der Waals surface area contributed by atoms with Crippen molar-refractivity contribution >= 4 is 0 Å². The fourth-order valence-electron chi connectivity index (χ4n) is 1.01. The van der Waals surface area contributed by atoms with E-state index in [9.17, 15) is 0 Å². The second kappa shape index (κ2) is 3.32. The van der Waals surface area contributed by atoms with E-state index in [0.717, 1.165) is 6.54 Å². The van der Waals surface area contributed by atoms with E-state index in [1.165, 1.54) is 5.69 Å². The first-order valence-electron chi connectivity index (χ1n) is 3.56. The van der Waals surface area contributed by atoms with E-state index in [-0.39, 0.29) is 0 Å². The summed E-state index contributed by atoms with van der Waals surface area (Å²) in [5, 5.41) is 0. The number of aryl methyl sites for hydroxylation is 1. The average Bonchev–Trinajstić information content (AvgIpc) is 2.04. The molecule has 0 bridgehead atoms. The average molecular weight is 137 g/mol. The van der Waals surface area contributed by atoms with Crippen molar-refractivity contribution in [3.8, 4) is 0 Å². The molecule has 0 aliphatic heterocycles. The molecule has 54 valence electrons. The molecule has 0 aliphatic carbocycles. The Morgan fingerprint density at radius 2 is 2.30 bits per heavy atom. The molecular weight excluding hydrogens is 124 g/mol. The first kappa shape index (κ1) is 7.22. The van der Waals surface area contributed by atoms with Crippen LogP contribution in [0.4, 0.5) is 0 Å². The minimum Gasteiger partial charge on any atom is -0.322 e. The van der Waals surface area contributed by atoms with Gasteiger partial charge in [0.15, 0.2) is 11.9 Å². The van der Waals surface area contributed by atoms with Crippen LogP contribution in [0, 0.1) is 0 Å². The highest BCUT2D eigenvalue weighted by Gasteiger charge is 2.01. The maximum Gasteiger partial charge on any atom is 0.195 e. The Balaban J connectivity index is 2.96. The van der Waals surface area contributed by atoms with E-state index >= 15 is 0 Å². The van der Waals surface area contributed by atoms with Gasteiger partial charge in [0.2, 0.25) is 0 Å². The Morgan fingerprint density at radius 3 is 2.80 bits per heavy atom. The molecule has 0 aliphatic rings. The highest BCUT2D eigenvalue weighted by Crippen LogP contribution is 1.87. The number of hydrogen-bond acceptors (Lipinski definition) is 1.